The van der Waals surface area contributed by atoms with Gasteiger partial charge in [-0.2, -0.15) is 0 Å². The topological polar surface area (TPSA) is 88.5 Å². The van der Waals surface area contributed by atoms with Crippen LogP contribution in [0, 0.1) is 0 Å². The Balaban J connectivity index is 1.67. The molecule has 176 valence electrons. The number of rotatable bonds is 8. The summed E-state index contributed by atoms with van der Waals surface area (Å²) in [6.45, 7) is 0. The van der Waals surface area contributed by atoms with Gasteiger partial charge >= 0.3 is 5.97 Å². The molecule has 4 rings (SSSR count). The van der Waals surface area contributed by atoms with Gasteiger partial charge < -0.3 is 15.2 Å². The fourth-order valence-electron chi connectivity index (χ4n) is 3.86. The number of aromatic nitrogens is 1. The number of ether oxygens (including phenoxy) is 1. The van der Waals surface area contributed by atoms with E-state index in [0.717, 1.165) is 16.7 Å². The maximum Gasteiger partial charge on any atom is 0.305 e. The first-order valence-corrected chi connectivity index (χ1v) is 11.3. The third-order valence-electron chi connectivity index (χ3n) is 5.55. The number of amides is 1. The van der Waals surface area contributed by atoms with Gasteiger partial charge in [-0.25, -0.2) is 4.98 Å². The molecule has 1 amide bonds. The van der Waals surface area contributed by atoms with Crippen LogP contribution in [0.5, 0.6) is 5.88 Å². The highest BCUT2D eigenvalue weighted by molar-refractivity contribution is 6.31. The zero-order chi connectivity index (χ0) is 24.8. The Morgan fingerprint density at radius 3 is 2.34 bits per heavy atom. The van der Waals surface area contributed by atoms with Crippen molar-refractivity contribution >= 4 is 23.5 Å². The van der Waals surface area contributed by atoms with Crippen LogP contribution in [0.15, 0.2) is 91.1 Å². The van der Waals surface area contributed by atoms with Gasteiger partial charge in [0.25, 0.3) is 5.91 Å². The Hall–Kier alpha value is -4.16. The van der Waals surface area contributed by atoms with Crippen LogP contribution in [0.1, 0.15) is 28.4 Å². The van der Waals surface area contributed by atoms with Crippen LogP contribution in [-0.4, -0.2) is 29.1 Å². The quantitative estimate of drug-likeness (QED) is 0.318. The van der Waals surface area contributed by atoms with Crippen LogP contribution >= 0.6 is 11.6 Å². The molecule has 0 bridgehead atoms. The number of carboxylic acids is 1. The molecule has 1 heterocycles. The maximum absolute atomic E-state index is 13.2. The number of hydrogen-bond acceptors (Lipinski definition) is 4. The summed E-state index contributed by atoms with van der Waals surface area (Å²) < 4.78 is 5.46. The third-order valence-corrected chi connectivity index (χ3v) is 5.90. The van der Waals surface area contributed by atoms with Crippen molar-refractivity contribution in [3.8, 4) is 28.1 Å². The summed E-state index contributed by atoms with van der Waals surface area (Å²) in [5.74, 6) is -1.15. The molecule has 0 radical (unpaired) electrons. The largest absolute Gasteiger partial charge is 0.481 e. The number of hydrogen-bond donors (Lipinski definition) is 2. The van der Waals surface area contributed by atoms with Gasteiger partial charge in [-0.3, -0.25) is 9.59 Å². The Morgan fingerprint density at radius 1 is 0.943 bits per heavy atom. The van der Waals surface area contributed by atoms with Crippen molar-refractivity contribution in [3.05, 3.63) is 107 Å². The summed E-state index contributed by atoms with van der Waals surface area (Å²) in [5, 5.41) is 12.5. The summed E-state index contributed by atoms with van der Waals surface area (Å²) >= 11 is 6.27. The lowest BCUT2D eigenvalue weighted by atomic mass is 9.98. The number of nitrogens with zero attached hydrogens (tertiary/aromatic N) is 1. The molecule has 3 aromatic carbocycles. The molecule has 35 heavy (non-hydrogen) atoms. The third kappa shape index (κ3) is 5.67. The molecule has 1 aromatic heterocycles. The van der Waals surface area contributed by atoms with E-state index in [1.54, 1.807) is 30.3 Å². The van der Waals surface area contributed by atoms with E-state index in [2.05, 4.69) is 10.3 Å². The summed E-state index contributed by atoms with van der Waals surface area (Å²) in [6, 6.07) is 25.6. The lowest BCUT2D eigenvalue weighted by Gasteiger charge is -2.19. The molecule has 0 aliphatic carbocycles. The first-order valence-electron chi connectivity index (χ1n) is 10.9. The molecule has 0 aliphatic rings. The van der Waals surface area contributed by atoms with Gasteiger partial charge in [0.05, 0.1) is 25.1 Å². The molecule has 0 spiro atoms. The van der Waals surface area contributed by atoms with Crippen LogP contribution in [0.25, 0.3) is 22.3 Å². The van der Waals surface area contributed by atoms with E-state index in [4.69, 9.17) is 16.3 Å². The molecule has 7 heteroatoms. The molecule has 4 aromatic rings. The number of benzene rings is 3. The van der Waals surface area contributed by atoms with E-state index >= 15 is 0 Å². The van der Waals surface area contributed by atoms with Crippen LogP contribution in [0.4, 0.5) is 0 Å². The Bertz CT molecular complexity index is 1360. The van der Waals surface area contributed by atoms with Crippen molar-refractivity contribution in [1.29, 1.82) is 0 Å². The highest BCUT2D eigenvalue weighted by Gasteiger charge is 2.22. The number of carbonyl (C=O) groups is 2. The molecule has 0 saturated heterocycles. The number of pyridine rings is 1. The van der Waals surface area contributed by atoms with E-state index in [1.165, 1.54) is 13.3 Å². The van der Waals surface area contributed by atoms with E-state index < -0.39 is 17.9 Å². The molecular weight excluding hydrogens is 464 g/mol. The zero-order valence-corrected chi connectivity index (χ0v) is 19.7. The highest BCUT2D eigenvalue weighted by Crippen LogP contribution is 2.32. The van der Waals surface area contributed by atoms with Crippen molar-refractivity contribution in [2.24, 2.45) is 0 Å². The van der Waals surface area contributed by atoms with Crippen LogP contribution in [0.2, 0.25) is 5.02 Å². The molecule has 0 saturated carbocycles. The first-order chi connectivity index (χ1) is 17.0. The SMILES string of the molecule is COc1ncc(C(=O)NC(CC(=O)O)c2ccccc2Cl)cc1-c1cccc(-c2ccccc2)c1. The number of methoxy groups -OCH3 is 1. The lowest BCUT2D eigenvalue weighted by molar-refractivity contribution is -0.137. The predicted molar refractivity (Wildman–Crippen MR) is 136 cm³/mol. The summed E-state index contributed by atoms with van der Waals surface area (Å²) in [7, 11) is 1.52. The molecule has 1 atom stereocenters. The van der Waals surface area contributed by atoms with Crippen LogP contribution in [-0.2, 0) is 4.79 Å². The van der Waals surface area contributed by atoms with E-state index in [-0.39, 0.29) is 12.0 Å². The fraction of sp³-hybridized carbons (Fsp3) is 0.107. The standard InChI is InChI=1S/C28H23ClN2O4/c1-35-28-23(20-11-7-10-19(14-20)18-8-3-2-4-9-18)15-21(17-30-28)27(34)31-25(16-26(32)33)22-12-5-6-13-24(22)29/h2-15,17,25H,16H2,1H3,(H,31,34)(H,32,33). The number of carbonyl (C=O) groups excluding carboxylic acids is 1. The summed E-state index contributed by atoms with van der Waals surface area (Å²) in [6.07, 6.45) is 1.09. The second-order valence-electron chi connectivity index (χ2n) is 7.87. The van der Waals surface area contributed by atoms with Crippen molar-refractivity contribution < 1.29 is 19.4 Å². The van der Waals surface area contributed by atoms with Crippen LogP contribution in [0.3, 0.4) is 0 Å². The van der Waals surface area contributed by atoms with Gasteiger partial charge in [-0.1, -0.05) is 78.3 Å². The molecule has 6 nitrogen and oxygen atoms in total. The first kappa shape index (κ1) is 24.0. The molecule has 2 N–H and O–H groups in total. The Kier molecular flexibility index (Phi) is 7.43. The smallest absolute Gasteiger partial charge is 0.305 e. The summed E-state index contributed by atoms with van der Waals surface area (Å²) in [5.41, 5.74) is 4.35. The minimum Gasteiger partial charge on any atom is -0.481 e. The molecule has 1 unspecified atom stereocenters. The average molecular weight is 487 g/mol. The van der Waals surface area contributed by atoms with Crippen molar-refractivity contribution in [2.75, 3.05) is 7.11 Å². The minimum atomic E-state index is -1.05. The average Bonchev–Trinajstić information content (AvgIpc) is 2.88. The lowest BCUT2D eigenvalue weighted by Crippen LogP contribution is -2.30. The van der Waals surface area contributed by atoms with E-state index in [1.807, 2.05) is 54.6 Å². The van der Waals surface area contributed by atoms with Gasteiger partial charge in [0, 0.05) is 16.8 Å². The highest BCUT2D eigenvalue weighted by atomic mass is 35.5. The monoisotopic (exact) mass is 486 g/mol. The minimum absolute atomic E-state index is 0.272. The van der Waals surface area contributed by atoms with Gasteiger partial charge in [0.2, 0.25) is 5.88 Å². The molecule has 0 aliphatic heterocycles. The number of carboxylic acid groups (broad SMARTS) is 1. The Labute approximate surface area is 208 Å². The normalized spacial score (nSPS) is 11.5. The van der Waals surface area contributed by atoms with Crippen molar-refractivity contribution in [3.63, 3.8) is 0 Å². The second kappa shape index (κ2) is 10.8. The molecular formula is C28H23ClN2O4. The summed E-state index contributed by atoms with van der Waals surface area (Å²) in [4.78, 5) is 29.0. The van der Waals surface area contributed by atoms with Gasteiger partial charge in [0.15, 0.2) is 0 Å². The molecule has 0 fully saturated rings. The van der Waals surface area contributed by atoms with Gasteiger partial charge in [-0.15, -0.1) is 0 Å². The van der Waals surface area contributed by atoms with E-state index in [9.17, 15) is 14.7 Å². The fourth-order valence-corrected chi connectivity index (χ4v) is 4.12. The van der Waals surface area contributed by atoms with Crippen molar-refractivity contribution in [1.82, 2.24) is 10.3 Å². The van der Waals surface area contributed by atoms with Gasteiger partial charge in [0.1, 0.15) is 0 Å². The number of aliphatic carboxylic acids is 1. The number of halogens is 1. The van der Waals surface area contributed by atoms with E-state index in [0.29, 0.717) is 22.0 Å². The predicted octanol–water partition coefficient (Wildman–Crippen LogP) is 6.02. The zero-order valence-electron chi connectivity index (χ0n) is 18.9. The van der Waals surface area contributed by atoms with Crippen LogP contribution < -0.4 is 10.1 Å². The van der Waals surface area contributed by atoms with Gasteiger partial charge in [-0.05, 0) is 40.5 Å². The maximum atomic E-state index is 13.2. The number of nitrogens with one attached hydrogen (secondary N) is 1. The Morgan fingerprint density at radius 2 is 1.63 bits per heavy atom. The van der Waals surface area contributed by atoms with Crippen molar-refractivity contribution in [2.45, 2.75) is 12.5 Å². The second-order valence-corrected chi connectivity index (χ2v) is 8.28.